The van der Waals surface area contributed by atoms with Crippen LogP contribution in [0, 0.1) is 12.7 Å². The second-order valence-corrected chi connectivity index (χ2v) is 4.51. The summed E-state index contributed by atoms with van der Waals surface area (Å²) in [6.45, 7) is 1.75. The van der Waals surface area contributed by atoms with E-state index in [9.17, 15) is 4.39 Å². The second kappa shape index (κ2) is 4.85. The SMILES string of the molecule is Cc1cccc(OCc2nc3ccc(N)cc3o2)c1F. The molecule has 3 rings (SSSR count). The quantitative estimate of drug-likeness (QED) is 0.742. The summed E-state index contributed by atoms with van der Waals surface area (Å²) in [5.41, 5.74) is 8.09. The summed E-state index contributed by atoms with van der Waals surface area (Å²) in [6, 6.07) is 10.2. The van der Waals surface area contributed by atoms with Gasteiger partial charge in [0.05, 0.1) is 0 Å². The van der Waals surface area contributed by atoms with Gasteiger partial charge in [0, 0.05) is 11.8 Å². The van der Waals surface area contributed by atoms with Crippen LogP contribution in [-0.2, 0) is 6.61 Å². The number of nitrogens with zero attached hydrogens (tertiary/aromatic N) is 1. The molecule has 4 nitrogen and oxygen atoms in total. The Balaban J connectivity index is 1.81. The average Bonchev–Trinajstić information content (AvgIpc) is 2.82. The van der Waals surface area contributed by atoms with Crippen molar-refractivity contribution in [2.75, 3.05) is 5.73 Å². The first-order chi connectivity index (χ1) is 9.63. The number of nitrogens with two attached hydrogens (primary N) is 1. The largest absolute Gasteiger partial charge is 0.481 e. The van der Waals surface area contributed by atoms with E-state index < -0.39 is 0 Å². The van der Waals surface area contributed by atoms with Crippen molar-refractivity contribution in [2.45, 2.75) is 13.5 Å². The van der Waals surface area contributed by atoms with Crippen molar-refractivity contribution in [1.29, 1.82) is 0 Å². The fourth-order valence-electron chi connectivity index (χ4n) is 1.92. The monoisotopic (exact) mass is 272 g/mol. The maximum atomic E-state index is 13.8. The Morgan fingerprint density at radius 3 is 3.00 bits per heavy atom. The van der Waals surface area contributed by atoms with Gasteiger partial charge in [-0.3, -0.25) is 0 Å². The van der Waals surface area contributed by atoms with Crippen LogP contribution in [0.5, 0.6) is 5.75 Å². The molecule has 102 valence electrons. The summed E-state index contributed by atoms with van der Waals surface area (Å²) in [5, 5.41) is 0. The predicted octanol–water partition coefficient (Wildman–Crippen LogP) is 3.44. The summed E-state index contributed by atoms with van der Waals surface area (Å²) in [6.07, 6.45) is 0. The third-order valence-electron chi connectivity index (χ3n) is 2.96. The Labute approximate surface area is 115 Å². The molecule has 1 aromatic heterocycles. The van der Waals surface area contributed by atoms with Crippen molar-refractivity contribution < 1.29 is 13.5 Å². The standard InChI is InChI=1S/C15H13FN2O2/c1-9-3-2-4-12(15(9)16)19-8-14-18-11-6-5-10(17)7-13(11)20-14/h2-7H,8,17H2,1H3. The van der Waals surface area contributed by atoms with Crippen molar-refractivity contribution in [3.63, 3.8) is 0 Å². The number of anilines is 1. The van der Waals surface area contributed by atoms with Gasteiger partial charge in [-0.25, -0.2) is 9.37 Å². The molecular weight excluding hydrogens is 259 g/mol. The lowest BCUT2D eigenvalue weighted by atomic mass is 10.2. The van der Waals surface area contributed by atoms with Crippen LogP contribution in [0.15, 0.2) is 40.8 Å². The number of fused-ring (bicyclic) bond motifs is 1. The topological polar surface area (TPSA) is 61.3 Å². The molecule has 0 atom stereocenters. The van der Waals surface area contributed by atoms with E-state index in [0.717, 1.165) is 0 Å². The Morgan fingerprint density at radius 2 is 2.15 bits per heavy atom. The number of rotatable bonds is 3. The van der Waals surface area contributed by atoms with Gasteiger partial charge < -0.3 is 14.9 Å². The fourth-order valence-corrected chi connectivity index (χ4v) is 1.92. The molecule has 0 bridgehead atoms. The number of aromatic nitrogens is 1. The van der Waals surface area contributed by atoms with E-state index in [1.165, 1.54) is 0 Å². The first-order valence-corrected chi connectivity index (χ1v) is 6.16. The van der Waals surface area contributed by atoms with E-state index in [4.69, 9.17) is 14.9 Å². The molecule has 2 aromatic carbocycles. The van der Waals surface area contributed by atoms with E-state index in [0.29, 0.717) is 28.2 Å². The number of nitrogen functional groups attached to an aromatic ring is 1. The van der Waals surface area contributed by atoms with E-state index in [-0.39, 0.29) is 18.2 Å². The van der Waals surface area contributed by atoms with Crippen molar-refractivity contribution >= 4 is 16.8 Å². The highest BCUT2D eigenvalue weighted by Crippen LogP contribution is 2.22. The molecular formula is C15H13FN2O2. The predicted molar refractivity (Wildman–Crippen MR) is 73.9 cm³/mol. The number of benzene rings is 2. The van der Waals surface area contributed by atoms with Crippen molar-refractivity contribution in [3.8, 4) is 5.75 Å². The molecule has 20 heavy (non-hydrogen) atoms. The third kappa shape index (κ3) is 2.30. The second-order valence-electron chi connectivity index (χ2n) is 4.51. The zero-order valence-corrected chi connectivity index (χ0v) is 10.9. The van der Waals surface area contributed by atoms with Gasteiger partial charge in [0.25, 0.3) is 0 Å². The number of oxazole rings is 1. The average molecular weight is 272 g/mol. The van der Waals surface area contributed by atoms with Crippen molar-refractivity contribution in [2.24, 2.45) is 0 Å². The molecule has 0 spiro atoms. The summed E-state index contributed by atoms with van der Waals surface area (Å²) in [5.74, 6) is 0.200. The first-order valence-electron chi connectivity index (χ1n) is 6.16. The van der Waals surface area contributed by atoms with Crippen LogP contribution in [0.1, 0.15) is 11.5 Å². The number of aryl methyl sites for hydroxylation is 1. The van der Waals surface area contributed by atoms with Gasteiger partial charge in [-0.15, -0.1) is 0 Å². The molecule has 0 aliphatic heterocycles. The Hall–Kier alpha value is -2.56. The summed E-state index contributed by atoms with van der Waals surface area (Å²) in [7, 11) is 0. The van der Waals surface area contributed by atoms with Gasteiger partial charge in [-0.2, -0.15) is 0 Å². The maximum absolute atomic E-state index is 13.8. The van der Waals surface area contributed by atoms with Gasteiger partial charge in [-0.05, 0) is 30.7 Å². The van der Waals surface area contributed by atoms with Crippen molar-refractivity contribution in [3.05, 3.63) is 53.7 Å². The fraction of sp³-hybridized carbons (Fsp3) is 0.133. The van der Waals surface area contributed by atoms with Gasteiger partial charge in [0.15, 0.2) is 23.8 Å². The van der Waals surface area contributed by atoms with Crippen LogP contribution in [0.3, 0.4) is 0 Å². The molecule has 0 amide bonds. The Morgan fingerprint density at radius 1 is 1.30 bits per heavy atom. The van der Waals surface area contributed by atoms with Gasteiger partial charge in [-0.1, -0.05) is 12.1 Å². The van der Waals surface area contributed by atoms with E-state index in [1.807, 2.05) is 0 Å². The zero-order valence-electron chi connectivity index (χ0n) is 10.9. The molecule has 0 radical (unpaired) electrons. The molecule has 0 aliphatic rings. The van der Waals surface area contributed by atoms with Gasteiger partial charge in [0.2, 0.25) is 5.89 Å². The number of ether oxygens (including phenoxy) is 1. The van der Waals surface area contributed by atoms with Crippen LogP contribution in [0.2, 0.25) is 0 Å². The molecule has 0 aliphatic carbocycles. The number of hydrogen-bond donors (Lipinski definition) is 1. The minimum atomic E-state index is -0.368. The minimum absolute atomic E-state index is 0.0644. The number of hydrogen-bond acceptors (Lipinski definition) is 4. The van der Waals surface area contributed by atoms with E-state index in [2.05, 4.69) is 4.98 Å². The molecule has 0 unspecified atom stereocenters. The highest BCUT2D eigenvalue weighted by molar-refractivity contribution is 5.76. The molecule has 0 saturated carbocycles. The lowest BCUT2D eigenvalue weighted by molar-refractivity contribution is 0.255. The van der Waals surface area contributed by atoms with E-state index >= 15 is 0 Å². The highest BCUT2D eigenvalue weighted by atomic mass is 19.1. The molecule has 0 saturated heterocycles. The first kappa shape index (κ1) is 12.5. The van der Waals surface area contributed by atoms with Crippen LogP contribution < -0.4 is 10.5 Å². The number of halogens is 1. The molecule has 1 heterocycles. The molecule has 5 heteroatoms. The molecule has 3 aromatic rings. The highest BCUT2D eigenvalue weighted by Gasteiger charge is 2.10. The smallest absolute Gasteiger partial charge is 0.233 e. The van der Waals surface area contributed by atoms with Gasteiger partial charge in [0.1, 0.15) is 5.52 Å². The van der Waals surface area contributed by atoms with Crippen LogP contribution >= 0.6 is 0 Å². The summed E-state index contributed by atoms with van der Waals surface area (Å²) >= 11 is 0. The van der Waals surface area contributed by atoms with E-state index in [1.54, 1.807) is 43.3 Å². The van der Waals surface area contributed by atoms with Crippen LogP contribution in [0.4, 0.5) is 10.1 Å². The Kier molecular flexibility index (Phi) is 3.02. The van der Waals surface area contributed by atoms with Crippen LogP contribution in [0.25, 0.3) is 11.1 Å². The molecule has 0 fully saturated rings. The van der Waals surface area contributed by atoms with Gasteiger partial charge >= 0.3 is 0 Å². The minimum Gasteiger partial charge on any atom is -0.481 e. The Bertz CT molecular complexity index is 768. The van der Waals surface area contributed by atoms with Crippen LogP contribution in [-0.4, -0.2) is 4.98 Å². The normalized spacial score (nSPS) is 10.9. The zero-order chi connectivity index (χ0) is 14.1. The summed E-state index contributed by atoms with van der Waals surface area (Å²) < 4.78 is 24.7. The maximum Gasteiger partial charge on any atom is 0.233 e. The third-order valence-corrected chi connectivity index (χ3v) is 2.96. The van der Waals surface area contributed by atoms with Crippen molar-refractivity contribution in [1.82, 2.24) is 4.98 Å². The molecule has 2 N–H and O–H groups in total. The summed E-state index contributed by atoms with van der Waals surface area (Å²) in [4.78, 5) is 4.25. The lowest BCUT2D eigenvalue weighted by Gasteiger charge is -2.06. The lowest BCUT2D eigenvalue weighted by Crippen LogP contribution is -1.98.